The van der Waals surface area contributed by atoms with Crippen LogP contribution in [0.3, 0.4) is 0 Å². The van der Waals surface area contributed by atoms with Gasteiger partial charge in [-0.25, -0.2) is 0 Å². The van der Waals surface area contributed by atoms with Gasteiger partial charge in [0.1, 0.15) is 0 Å². The number of morpholine rings is 1. The second-order valence-corrected chi connectivity index (χ2v) is 7.00. The summed E-state index contributed by atoms with van der Waals surface area (Å²) in [4.78, 5) is 27.4. The molecule has 3 rings (SSSR count). The summed E-state index contributed by atoms with van der Waals surface area (Å²) >= 11 is 0. The summed E-state index contributed by atoms with van der Waals surface area (Å²) in [6.45, 7) is 8.64. The van der Waals surface area contributed by atoms with E-state index >= 15 is 0 Å². The van der Waals surface area contributed by atoms with Crippen molar-refractivity contribution in [2.45, 2.75) is 26.9 Å². The Kier molecular flexibility index (Phi) is 6.53. The van der Waals surface area contributed by atoms with Gasteiger partial charge in [-0.3, -0.25) is 24.3 Å². The zero-order valence-electron chi connectivity index (χ0n) is 16.8. The van der Waals surface area contributed by atoms with Gasteiger partial charge in [-0.2, -0.15) is 0 Å². The number of rotatable bonds is 7. The second kappa shape index (κ2) is 9.07. The van der Waals surface area contributed by atoms with Crippen molar-refractivity contribution in [3.8, 4) is 0 Å². The number of carbonyl (C=O) groups is 1. The summed E-state index contributed by atoms with van der Waals surface area (Å²) in [5.74, 6) is -0.183. The Morgan fingerprint density at radius 1 is 1.29 bits per heavy atom. The Hall–Kier alpha value is -2.58. The van der Waals surface area contributed by atoms with Crippen molar-refractivity contribution in [1.82, 2.24) is 20.0 Å². The molecule has 28 heavy (non-hydrogen) atoms. The molecule has 2 aromatic rings. The van der Waals surface area contributed by atoms with Gasteiger partial charge in [0.2, 0.25) is 0 Å². The van der Waals surface area contributed by atoms with Crippen LogP contribution in [0, 0.1) is 6.92 Å². The minimum Gasteiger partial charge on any atom is -0.385 e. The lowest BCUT2D eigenvalue weighted by atomic mass is 10.1. The van der Waals surface area contributed by atoms with Crippen molar-refractivity contribution in [2.75, 3.05) is 38.2 Å². The van der Waals surface area contributed by atoms with Crippen molar-refractivity contribution in [2.24, 2.45) is 7.05 Å². The third-order valence-electron chi connectivity index (χ3n) is 5.15. The van der Waals surface area contributed by atoms with Crippen LogP contribution in [0.15, 0.2) is 23.0 Å². The van der Waals surface area contributed by atoms with Crippen LogP contribution < -0.4 is 16.2 Å². The maximum Gasteiger partial charge on any atom is 0.269 e. The predicted octanol–water partition coefficient (Wildman–Crippen LogP) is 1.22. The Morgan fingerprint density at radius 2 is 2.04 bits per heavy atom. The molecule has 152 valence electrons. The summed E-state index contributed by atoms with van der Waals surface area (Å²) in [7, 11) is 1.83. The molecule has 0 radical (unpaired) electrons. The molecule has 1 saturated heterocycles. The van der Waals surface area contributed by atoms with Gasteiger partial charge in [0.05, 0.1) is 31.0 Å². The van der Waals surface area contributed by atoms with Gasteiger partial charge in [-0.1, -0.05) is 6.07 Å². The number of nitrogens with one attached hydrogen (secondary N) is 3. The van der Waals surface area contributed by atoms with Gasteiger partial charge >= 0.3 is 0 Å². The lowest BCUT2D eigenvalue weighted by Gasteiger charge is -2.26. The van der Waals surface area contributed by atoms with Gasteiger partial charge in [0, 0.05) is 44.5 Å². The van der Waals surface area contributed by atoms with E-state index in [4.69, 9.17) is 4.74 Å². The molecule has 0 atom stereocenters. The molecule has 1 amide bonds. The van der Waals surface area contributed by atoms with Crippen LogP contribution in [-0.4, -0.2) is 53.4 Å². The zero-order valence-corrected chi connectivity index (χ0v) is 16.8. The Balaban J connectivity index is 1.73. The number of aromatic amines is 1. The highest BCUT2D eigenvalue weighted by Gasteiger charge is 2.19. The van der Waals surface area contributed by atoms with Crippen molar-refractivity contribution in [3.05, 3.63) is 50.9 Å². The molecule has 0 unspecified atom stereocenters. The minimum absolute atomic E-state index is 0.163. The molecular formula is C20H29N5O3. The molecular weight excluding hydrogens is 358 g/mol. The van der Waals surface area contributed by atoms with Crippen molar-refractivity contribution in [1.29, 1.82) is 0 Å². The number of nitrogens with zero attached hydrogens (tertiary/aromatic N) is 2. The molecule has 0 saturated carbocycles. The number of hydrogen-bond donors (Lipinski definition) is 3. The summed E-state index contributed by atoms with van der Waals surface area (Å²) in [5, 5.41) is 8.98. The Labute approximate surface area is 164 Å². The van der Waals surface area contributed by atoms with E-state index in [0.29, 0.717) is 30.9 Å². The van der Waals surface area contributed by atoms with Crippen LogP contribution in [-0.2, 0) is 24.9 Å². The molecule has 0 aliphatic carbocycles. The van der Waals surface area contributed by atoms with Gasteiger partial charge in [0.15, 0.2) is 0 Å². The monoisotopic (exact) mass is 387 g/mol. The van der Waals surface area contributed by atoms with Crippen LogP contribution >= 0.6 is 0 Å². The first-order valence-electron chi connectivity index (χ1n) is 9.69. The summed E-state index contributed by atoms with van der Waals surface area (Å²) < 4.78 is 7.14. The van der Waals surface area contributed by atoms with Gasteiger partial charge in [-0.15, -0.1) is 0 Å². The van der Waals surface area contributed by atoms with E-state index in [1.165, 1.54) is 0 Å². The first-order valence-corrected chi connectivity index (χ1v) is 9.69. The summed E-state index contributed by atoms with van der Waals surface area (Å²) in [6.07, 6.45) is 0. The molecule has 2 heterocycles. The topological polar surface area (TPSA) is 91.4 Å². The predicted molar refractivity (Wildman–Crippen MR) is 109 cm³/mol. The highest BCUT2D eigenvalue weighted by atomic mass is 16.5. The van der Waals surface area contributed by atoms with E-state index < -0.39 is 0 Å². The largest absolute Gasteiger partial charge is 0.385 e. The first-order chi connectivity index (χ1) is 13.5. The molecule has 1 fully saturated rings. The van der Waals surface area contributed by atoms with Crippen molar-refractivity contribution < 1.29 is 9.53 Å². The lowest BCUT2D eigenvalue weighted by Crippen LogP contribution is -2.36. The zero-order chi connectivity index (χ0) is 20.1. The molecule has 0 bridgehead atoms. The maximum absolute atomic E-state index is 12.7. The smallest absolute Gasteiger partial charge is 0.269 e. The second-order valence-electron chi connectivity index (χ2n) is 7.00. The SMILES string of the molecule is CCNc1cccc(C(=O)NCc2c(CN3CCOCC3)n(C)[nH]c2=O)c1C. The van der Waals surface area contributed by atoms with Gasteiger partial charge in [-0.05, 0) is 31.5 Å². The fourth-order valence-corrected chi connectivity index (χ4v) is 3.50. The number of carbonyl (C=O) groups excluding carboxylic acids is 1. The number of hydrogen-bond acceptors (Lipinski definition) is 5. The summed E-state index contributed by atoms with van der Waals surface area (Å²) in [5.41, 5.74) is 3.79. The van der Waals surface area contributed by atoms with E-state index in [-0.39, 0.29) is 18.0 Å². The van der Waals surface area contributed by atoms with Crippen molar-refractivity contribution >= 4 is 11.6 Å². The number of H-pyrrole nitrogens is 1. The van der Waals surface area contributed by atoms with Crippen LogP contribution in [0.2, 0.25) is 0 Å². The molecule has 3 N–H and O–H groups in total. The number of benzene rings is 1. The average Bonchev–Trinajstić information content (AvgIpc) is 2.95. The minimum atomic E-state index is -0.183. The number of anilines is 1. The molecule has 8 heteroatoms. The number of aromatic nitrogens is 2. The molecule has 1 aromatic carbocycles. The van der Waals surface area contributed by atoms with Crippen molar-refractivity contribution in [3.63, 3.8) is 0 Å². The lowest BCUT2D eigenvalue weighted by molar-refractivity contribution is 0.0330. The molecule has 0 spiro atoms. The van der Waals surface area contributed by atoms with Crippen LogP contribution in [0.25, 0.3) is 0 Å². The Bertz CT molecular complexity index is 880. The summed E-state index contributed by atoms with van der Waals surface area (Å²) in [6, 6.07) is 5.62. The van der Waals surface area contributed by atoms with Gasteiger partial charge < -0.3 is 15.4 Å². The van der Waals surface area contributed by atoms with E-state index in [1.54, 1.807) is 10.7 Å². The molecule has 1 aliphatic heterocycles. The fraction of sp³-hybridized carbons (Fsp3) is 0.500. The third-order valence-corrected chi connectivity index (χ3v) is 5.15. The first kappa shape index (κ1) is 20.2. The normalized spacial score (nSPS) is 14.8. The van der Waals surface area contributed by atoms with E-state index in [0.717, 1.165) is 36.6 Å². The number of aryl methyl sites for hydroxylation is 1. The van der Waals surface area contributed by atoms with Crippen LogP contribution in [0.5, 0.6) is 0 Å². The van der Waals surface area contributed by atoms with E-state index in [2.05, 4.69) is 20.6 Å². The average molecular weight is 387 g/mol. The number of ether oxygens (including phenoxy) is 1. The molecule has 1 aliphatic rings. The van der Waals surface area contributed by atoms with Gasteiger partial charge in [0.25, 0.3) is 11.5 Å². The fourth-order valence-electron chi connectivity index (χ4n) is 3.50. The van der Waals surface area contributed by atoms with E-state index in [1.807, 2.05) is 33.0 Å². The van der Waals surface area contributed by atoms with E-state index in [9.17, 15) is 9.59 Å². The quantitative estimate of drug-likeness (QED) is 0.664. The molecule has 8 nitrogen and oxygen atoms in total. The highest BCUT2D eigenvalue weighted by molar-refractivity contribution is 5.97. The van der Waals surface area contributed by atoms with Crippen LogP contribution in [0.1, 0.15) is 34.1 Å². The van der Waals surface area contributed by atoms with Crippen LogP contribution in [0.4, 0.5) is 5.69 Å². The third kappa shape index (κ3) is 4.45. The molecule has 1 aromatic heterocycles. The Morgan fingerprint density at radius 3 is 2.75 bits per heavy atom. The maximum atomic E-state index is 12.7. The highest BCUT2D eigenvalue weighted by Crippen LogP contribution is 2.19. The number of amides is 1. The standard InChI is InChI=1S/C20H29N5O3/c1-4-21-17-7-5-6-15(14(17)2)19(26)22-12-16-18(24(3)23-20(16)27)13-25-8-10-28-11-9-25/h5-7,21H,4,8-13H2,1-3H3,(H,22,26)(H,23,27).